The van der Waals surface area contributed by atoms with Gasteiger partial charge in [-0.05, 0) is 23.8 Å². The van der Waals surface area contributed by atoms with Gasteiger partial charge in [-0.2, -0.15) is 5.06 Å². The number of carbonyl (C=O) groups excluding carboxylic acids is 4. The van der Waals surface area contributed by atoms with Gasteiger partial charge in [-0.3, -0.25) is 9.59 Å². The molecule has 0 saturated carbocycles. The molecule has 3 rings (SSSR count). The van der Waals surface area contributed by atoms with Crippen molar-refractivity contribution in [1.29, 1.82) is 0 Å². The highest BCUT2D eigenvalue weighted by atomic mass is 16.7. The summed E-state index contributed by atoms with van der Waals surface area (Å²) >= 11 is 0. The van der Waals surface area contributed by atoms with Gasteiger partial charge < -0.3 is 14.5 Å². The number of para-hydroxylation sites is 1. The Kier molecular flexibility index (Phi) is 7.17. The van der Waals surface area contributed by atoms with Crippen LogP contribution in [0.1, 0.15) is 42.4 Å². The van der Waals surface area contributed by atoms with Gasteiger partial charge in [0.2, 0.25) is 5.91 Å². The number of carbonyl (C=O) groups is 4. The van der Waals surface area contributed by atoms with Gasteiger partial charge in [0.1, 0.15) is 6.29 Å². The average molecular weight is 418 g/mol. The van der Waals surface area contributed by atoms with Crippen LogP contribution in [0.15, 0.2) is 48.5 Å². The lowest BCUT2D eigenvalue weighted by molar-refractivity contribution is -0.192. The molecule has 0 fully saturated rings. The highest BCUT2D eigenvalue weighted by molar-refractivity contribution is 5.96. The van der Waals surface area contributed by atoms with E-state index in [4.69, 9.17) is 4.84 Å². The van der Waals surface area contributed by atoms with Crippen LogP contribution in [0.25, 0.3) is 0 Å². The van der Waals surface area contributed by atoms with E-state index in [1.807, 2.05) is 48.5 Å². The summed E-state index contributed by atoms with van der Waals surface area (Å²) in [7, 11) is 1.30. The summed E-state index contributed by atoms with van der Waals surface area (Å²) in [5, 5.41) is 0.799. The fourth-order valence-electron chi connectivity index (χ4n) is 3.14. The van der Waals surface area contributed by atoms with Gasteiger partial charge in [0, 0.05) is 37.4 Å². The van der Waals surface area contributed by atoms with E-state index >= 15 is 0 Å². The first-order valence-corrected chi connectivity index (χ1v) is 9.90. The van der Waals surface area contributed by atoms with E-state index < -0.39 is 11.9 Å². The van der Waals surface area contributed by atoms with Crippen LogP contribution >= 0.6 is 0 Å². The molecule has 0 spiro atoms. The fourth-order valence-corrected chi connectivity index (χ4v) is 3.14. The molecule has 0 atom stereocenters. The predicted octanol–water partition coefficient (Wildman–Crippen LogP) is 2.61. The number of hydrogen-bond donors (Lipinski definition) is 0. The van der Waals surface area contributed by atoms with Crippen molar-refractivity contribution in [2.45, 2.75) is 32.2 Å². The van der Waals surface area contributed by atoms with Crippen LogP contribution in [-0.2, 0) is 30.6 Å². The summed E-state index contributed by atoms with van der Waals surface area (Å²) in [6, 6.07) is 15.0. The molecule has 0 aliphatic carbocycles. The molecule has 0 aromatic heterocycles. The van der Waals surface area contributed by atoms with Gasteiger partial charge in [-0.25, -0.2) is 4.79 Å². The Balaban J connectivity index is 1.70. The van der Waals surface area contributed by atoms with Crippen LogP contribution in [-0.4, -0.2) is 36.2 Å². The number of hydrogen-bond acceptors (Lipinski definition) is 5. The Bertz CT molecular complexity index is 1070. The van der Waals surface area contributed by atoms with Crippen LogP contribution in [0.4, 0.5) is 5.69 Å². The zero-order chi connectivity index (χ0) is 22.2. The summed E-state index contributed by atoms with van der Waals surface area (Å²) in [5.74, 6) is 4.84. The summed E-state index contributed by atoms with van der Waals surface area (Å²) in [4.78, 5) is 53.8. The van der Waals surface area contributed by atoms with Crippen molar-refractivity contribution in [1.82, 2.24) is 5.06 Å². The summed E-state index contributed by atoms with van der Waals surface area (Å²) in [6.45, 7) is 0.333. The number of aldehydes is 1. The minimum absolute atomic E-state index is 0.0444. The maximum absolute atomic E-state index is 13.1. The molecule has 0 radical (unpaired) electrons. The van der Waals surface area contributed by atoms with Crippen molar-refractivity contribution in [3.05, 3.63) is 65.2 Å². The largest absolute Gasteiger partial charge is 0.338 e. The zero-order valence-corrected chi connectivity index (χ0v) is 17.2. The van der Waals surface area contributed by atoms with Gasteiger partial charge in [0.25, 0.3) is 5.91 Å². The SMILES string of the molecule is CN(OC(=O)CCC(=O)N1Cc2ccccc2C#Cc2ccccc21)C(=O)CCC=O. The molecule has 158 valence electrons. The Morgan fingerprint density at radius 2 is 1.68 bits per heavy atom. The van der Waals surface area contributed by atoms with Crippen molar-refractivity contribution in [3.63, 3.8) is 0 Å². The molecule has 0 N–H and O–H groups in total. The Morgan fingerprint density at radius 3 is 2.45 bits per heavy atom. The number of fused-ring (bicyclic) bond motifs is 2. The molecule has 2 aromatic rings. The summed E-state index contributed by atoms with van der Waals surface area (Å²) in [5.41, 5.74) is 3.18. The molecule has 1 heterocycles. The van der Waals surface area contributed by atoms with E-state index in [0.29, 0.717) is 18.5 Å². The third-order valence-corrected chi connectivity index (χ3v) is 4.78. The molecule has 7 heteroatoms. The number of rotatable bonds is 6. The van der Waals surface area contributed by atoms with Gasteiger partial charge in [0.05, 0.1) is 18.7 Å². The van der Waals surface area contributed by atoms with Crippen molar-refractivity contribution in [2.75, 3.05) is 11.9 Å². The smallest absolute Gasteiger partial charge is 0.333 e. The van der Waals surface area contributed by atoms with E-state index in [0.717, 1.165) is 21.8 Å². The molecule has 0 unspecified atom stereocenters. The van der Waals surface area contributed by atoms with E-state index in [-0.39, 0.29) is 31.6 Å². The number of anilines is 1. The Morgan fingerprint density at radius 1 is 1.00 bits per heavy atom. The molecule has 2 amide bonds. The van der Waals surface area contributed by atoms with Crippen LogP contribution in [0.3, 0.4) is 0 Å². The molecular formula is C24H22N2O5. The molecular weight excluding hydrogens is 396 g/mol. The molecule has 2 aromatic carbocycles. The lowest BCUT2D eigenvalue weighted by Crippen LogP contribution is -2.33. The van der Waals surface area contributed by atoms with Crippen molar-refractivity contribution in [3.8, 4) is 11.8 Å². The Labute approximate surface area is 180 Å². The van der Waals surface area contributed by atoms with Crippen molar-refractivity contribution >= 4 is 29.8 Å². The quantitative estimate of drug-likeness (QED) is 0.409. The second-order valence-electron chi connectivity index (χ2n) is 6.96. The Hall–Kier alpha value is -3.92. The van der Waals surface area contributed by atoms with Crippen LogP contribution < -0.4 is 4.90 Å². The molecule has 0 saturated heterocycles. The highest BCUT2D eigenvalue weighted by Gasteiger charge is 2.23. The molecule has 0 bridgehead atoms. The number of nitrogens with zero attached hydrogens (tertiary/aromatic N) is 2. The van der Waals surface area contributed by atoms with Crippen LogP contribution in [0.2, 0.25) is 0 Å². The second kappa shape index (κ2) is 10.2. The summed E-state index contributed by atoms with van der Waals surface area (Å²) < 4.78 is 0. The average Bonchev–Trinajstić information content (AvgIpc) is 2.77. The van der Waals surface area contributed by atoms with Gasteiger partial charge in [0.15, 0.2) is 0 Å². The lowest BCUT2D eigenvalue weighted by atomic mass is 10.0. The van der Waals surface area contributed by atoms with E-state index in [2.05, 4.69) is 11.8 Å². The number of amides is 2. The minimum atomic E-state index is -0.698. The second-order valence-corrected chi connectivity index (χ2v) is 6.96. The predicted molar refractivity (Wildman–Crippen MR) is 113 cm³/mol. The highest BCUT2D eigenvalue weighted by Crippen LogP contribution is 2.26. The van der Waals surface area contributed by atoms with Gasteiger partial charge >= 0.3 is 5.97 Å². The third-order valence-electron chi connectivity index (χ3n) is 4.78. The normalized spacial score (nSPS) is 11.6. The maximum atomic E-state index is 13.1. The lowest BCUT2D eigenvalue weighted by Gasteiger charge is -2.26. The van der Waals surface area contributed by atoms with Gasteiger partial charge in [-0.15, -0.1) is 0 Å². The summed E-state index contributed by atoms with van der Waals surface area (Å²) in [6.07, 6.45) is 0.362. The zero-order valence-electron chi connectivity index (χ0n) is 17.2. The van der Waals surface area contributed by atoms with E-state index in [1.165, 1.54) is 7.05 Å². The molecule has 31 heavy (non-hydrogen) atoms. The standard InChI is InChI=1S/C24H22N2O5/c1-25(22(28)11-6-16-27)31-24(30)15-14-23(29)26-17-20-9-3-2-7-18(20)12-13-19-8-4-5-10-21(19)26/h2-5,7-10,16H,6,11,14-15,17H2,1H3. The van der Waals surface area contributed by atoms with E-state index in [9.17, 15) is 19.2 Å². The van der Waals surface area contributed by atoms with Crippen LogP contribution in [0.5, 0.6) is 0 Å². The maximum Gasteiger partial charge on any atom is 0.333 e. The number of benzene rings is 2. The van der Waals surface area contributed by atoms with Crippen LogP contribution in [0, 0.1) is 11.8 Å². The minimum Gasteiger partial charge on any atom is -0.338 e. The van der Waals surface area contributed by atoms with Crippen molar-refractivity contribution < 1.29 is 24.0 Å². The van der Waals surface area contributed by atoms with Crippen molar-refractivity contribution in [2.24, 2.45) is 0 Å². The number of hydroxylamine groups is 2. The molecule has 1 aliphatic rings. The topological polar surface area (TPSA) is 84.0 Å². The third kappa shape index (κ3) is 5.58. The van der Waals surface area contributed by atoms with E-state index in [1.54, 1.807) is 4.90 Å². The first-order valence-electron chi connectivity index (χ1n) is 9.90. The molecule has 1 aliphatic heterocycles. The molecule has 7 nitrogen and oxygen atoms in total. The first-order chi connectivity index (χ1) is 15.0. The monoisotopic (exact) mass is 418 g/mol. The fraction of sp³-hybridized carbons (Fsp3) is 0.250. The first kappa shape index (κ1) is 21.8. The van der Waals surface area contributed by atoms with Gasteiger partial charge in [-0.1, -0.05) is 42.2 Å².